The van der Waals surface area contributed by atoms with Crippen LogP contribution in [-0.2, 0) is 0 Å². The third kappa shape index (κ3) is 2.23. The number of thioether (sulfide) groups is 2. The lowest BCUT2D eigenvalue weighted by Crippen LogP contribution is -2.06. The minimum Gasteiger partial charge on any atom is -0.161 e. The minimum atomic E-state index is 1.38. The Morgan fingerprint density at radius 3 is 1.25 bits per heavy atom. The Morgan fingerprint density at radius 1 is 0.583 bits per heavy atom. The molecule has 0 N–H and O–H groups in total. The van der Waals surface area contributed by atoms with Gasteiger partial charge in [-0.05, 0) is 48.7 Å². The molecule has 2 aliphatic heterocycles. The highest BCUT2D eigenvalue weighted by molar-refractivity contribution is 7.99. The van der Waals surface area contributed by atoms with Gasteiger partial charge in [0.05, 0.1) is 0 Å². The third-order valence-corrected chi connectivity index (χ3v) is 4.66. The SMILES string of the molecule is C1CC(=C2CCSCC2)CCS1. The molecule has 12 heavy (non-hydrogen) atoms. The molecule has 0 radical (unpaired) electrons. The molecule has 0 saturated carbocycles. The molecule has 0 aromatic carbocycles. The van der Waals surface area contributed by atoms with Gasteiger partial charge in [-0.1, -0.05) is 11.1 Å². The van der Waals surface area contributed by atoms with Gasteiger partial charge in [0.25, 0.3) is 0 Å². The summed E-state index contributed by atoms with van der Waals surface area (Å²) in [5.74, 6) is 5.52. The number of hydrogen-bond donors (Lipinski definition) is 0. The van der Waals surface area contributed by atoms with Crippen molar-refractivity contribution in [1.29, 1.82) is 0 Å². The molecule has 0 aliphatic carbocycles. The van der Waals surface area contributed by atoms with E-state index < -0.39 is 0 Å². The van der Waals surface area contributed by atoms with Crippen molar-refractivity contribution < 1.29 is 0 Å². The van der Waals surface area contributed by atoms with Crippen LogP contribution in [-0.4, -0.2) is 23.0 Å². The molecule has 0 bridgehead atoms. The second-order valence-corrected chi connectivity index (χ2v) is 5.88. The molecule has 2 heteroatoms. The van der Waals surface area contributed by atoms with Gasteiger partial charge in [-0.2, -0.15) is 23.5 Å². The fraction of sp³-hybridized carbons (Fsp3) is 0.800. The van der Waals surface area contributed by atoms with Crippen molar-refractivity contribution in [3.8, 4) is 0 Å². The normalized spacial score (nSPS) is 26.0. The Kier molecular flexibility index (Phi) is 3.47. The molecule has 2 fully saturated rings. The summed E-state index contributed by atoms with van der Waals surface area (Å²) in [5.41, 5.74) is 3.66. The zero-order valence-corrected chi connectivity index (χ0v) is 9.11. The first-order chi connectivity index (χ1) is 5.97. The van der Waals surface area contributed by atoms with Crippen LogP contribution in [0, 0.1) is 0 Å². The van der Waals surface area contributed by atoms with Gasteiger partial charge < -0.3 is 0 Å². The maximum Gasteiger partial charge on any atom is -0.00300 e. The minimum absolute atomic E-state index is 1.38. The van der Waals surface area contributed by atoms with Crippen LogP contribution in [0.25, 0.3) is 0 Å². The van der Waals surface area contributed by atoms with Gasteiger partial charge in [0.1, 0.15) is 0 Å². The Morgan fingerprint density at radius 2 is 0.917 bits per heavy atom. The molecule has 68 valence electrons. The van der Waals surface area contributed by atoms with Gasteiger partial charge in [-0.25, -0.2) is 0 Å². The van der Waals surface area contributed by atoms with Gasteiger partial charge in [0, 0.05) is 0 Å². The summed E-state index contributed by atoms with van der Waals surface area (Å²) >= 11 is 4.25. The van der Waals surface area contributed by atoms with Crippen LogP contribution in [0.5, 0.6) is 0 Å². The summed E-state index contributed by atoms with van der Waals surface area (Å²) in [4.78, 5) is 0. The fourth-order valence-corrected chi connectivity index (χ4v) is 3.91. The molecule has 0 nitrogen and oxygen atoms in total. The standard InChI is InChI=1S/C10H16S2/c1-5-11-6-2-9(1)10-3-7-12-8-4-10/h1-8H2. The van der Waals surface area contributed by atoms with Gasteiger partial charge in [0.2, 0.25) is 0 Å². The van der Waals surface area contributed by atoms with E-state index in [1.807, 2.05) is 11.1 Å². The number of hydrogen-bond acceptors (Lipinski definition) is 2. The summed E-state index contributed by atoms with van der Waals surface area (Å²) in [6.45, 7) is 0. The van der Waals surface area contributed by atoms with Crippen molar-refractivity contribution in [2.24, 2.45) is 0 Å². The lowest BCUT2D eigenvalue weighted by atomic mass is 9.98. The predicted octanol–water partition coefficient (Wildman–Crippen LogP) is 3.34. The third-order valence-electron chi connectivity index (χ3n) is 2.69. The van der Waals surface area contributed by atoms with E-state index in [0.29, 0.717) is 0 Å². The Hall–Kier alpha value is 0.440. The average molecular weight is 200 g/mol. The smallest absolute Gasteiger partial charge is 0.00300 e. The largest absolute Gasteiger partial charge is 0.161 e. The van der Waals surface area contributed by atoms with Crippen molar-refractivity contribution in [3.63, 3.8) is 0 Å². The lowest BCUT2D eigenvalue weighted by molar-refractivity contribution is 0.855. The van der Waals surface area contributed by atoms with Crippen LogP contribution in [0.3, 0.4) is 0 Å². The van der Waals surface area contributed by atoms with E-state index >= 15 is 0 Å². The zero-order valence-electron chi connectivity index (χ0n) is 7.47. The maximum absolute atomic E-state index is 2.12. The Bertz CT molecular complexity index is 148. The first-order valence-electron chi connectivity index (χ1n) is 4.82. The van der Waals surface area contributed by atoms with Crippen LogP contribution in [0.15, 0.2) is 11.1 Å². The van der Waals surface area contributed by atoms with Gasteiger partial charge >= 0.3 is 0 Å². The van der Waals surface area contributed by atoms with Crippen molar-refractivity contribution in [3.05, 3.63) is 11.1 Å². The molecular formula is C10H16S2. The maximum atomic E-state index is 2.12. The van der Waals surface area contributed by atoms with Gasteiger partial charge in [-0.15, -0.1) is 0 Å². The van der Waals surface area contributed by atoms with E-state index in [1.54, 1.807) is 0 Å². The highest BCUT2D eigenvalue weighted by Crippen LogP contribution is 2.31. The van der Waals surface area contributed by atoms with E-state index in [2.05, 4.69) is 23.5 Å². The quantitative estimate of drug-likeness (QED) is 0.550. The van der Waals surface area contributed by atoms with E-state index in [-0.39, 0.29) is 0 Å². The van der Waals surface area contributed by atoms with Crippen molar-refractivity contribution in [2.75, 3.05) is 23.0 Å². The summed E-state index contributed by atoms with van der Waals surface area (Å²) in [5, 5.41) is 0. The molecule has 0 spiro atoms. The Balaban J connectivity index is 2.00. The molecule has 2 rings (SSSR count). The molecular weight excluding hydrogens is 184 g/mol. The lowest BCUT2D eigenvalue weighted by Gasteiger charge is -2.22. The van der Waals surface area contributed by atoms with Crippen LogP contribution >= 0.6 is 23.5 Å². The topological polar surface area (TPSA) is 0 Å². The second-order valence-electron chi connectivity index (χ2n) is 3.43. The van der Waals surface area contributed by atoms with Crippen molar-refractivity contribution in [2.45, 2.75) is 25.7 Å². The predicted molar refractivity (Wildman–Crippen MR) is 60.1 cm³/mol. The van der Waals surface area contributed by atoms with E-state index in [9.17, 15) is 0 Å². The van der Waals surface area contributed by atoms with Gasteiger partial charge in [0.15, 0.2) is 0 Å². The first kappa shape index (κ1) is 9.01. The molecule has 0 amide bonds. The zero-order chi connectivity index (χ0) is 8.23. The second kappa shape index (κ2) is 4.61. The van der Waals surface area contributed by atoms with Crippen LogP contribution in [0.4, 0.5) is 0 Å². The van der Waals surface area contributed by atoms with E-state index in [4.69, 9.17) is 0 Å². The number of allylic oxidation sites excluding steroid dienone is 2. The highest BCUT2D eigenvalue weighted by atomic mass is 32.2. The monoisotopic (exact) mass is 200 g/mol. The summed E-state index contributed by atoms with van der Waals surface area (Å²) in [7, 11) is 0. The van der Waals surface area contributed by atoms with Crippen molar-refractivity contribution in [1.82, 2.24) is 0 Å². The molecule has 2 heterocycles. The van der Waals surface area contributed by atoms with Crippen LogP contribution in [0.2, 0.25) is 0 Å². The summed E-state index contributed by atoms with van der Waals surface area (Å²) < 4.78 is 0. The number of rotatable bonds is 0. The van der Waals surface area contributed by atoms with Gasteiger partial charge in [-0.3, -0.25) is 0 Å². The highest BCUT2D eigenvalue weighted by Gasteiger charge is 2.13. The average Bonchev–Trinajstić information content (AvgIpc) is 2.21. The molecule has 0 aromatic heterocycles. The van der Waals surface area contributed by atoms with Crippen LogP contribution < -0.4 is 0 Å². The molecule has 0 aromatic rings. The first-order valence-corrected chi connectivity index (χ1v) is 7.13. The molecule has 2 aliphatic rings. The summed E-state index contributed by atoms with van der Waals surface area (Å²) in [6.07, 6.45) is 5.57. The van der Waals surface area contributed by atoms with Crippen molar-refractivity contribution >= 4 is 23.5 Å². The molecule has 2 saturated heterocycles. The van der Waals surface area contributed by atoms with Crippen LogP contribution in [0.1, 0.15) is 25.7 Å². The Labute approximate surface area is 83.6 Å². The molecule has 0 unspecified atom stereocenters. The summed E-state index contributed by atoms with van der Waals surface area (Å²) in [6, 6.07) is 0. The van der Waals surface area contributed by atoms with E-state index in [0.717, 1.165) is 0 Å². The fourth-order valence-electron chi connectivity index (χ4n) is 1.94. The van der Waals surface area contributed by atoms with E-state index in [1.165, 1.54) is 48.7 Å². The molecule has 0 atom stereocenters.